The highest BCUT2D eigenvalue weighted by molar-refractivity contribution is 9.10. The first-order valence-corrected chi connectivity index (χ1v) is 4.59. The van der Waals surface area contributed by atoms with Gasteiger partial charge >= 0.3 is 0 Å². The minimum atomic E-state index is -0.386. The minimum absolute atomic E-state index is 0.289. The molecule has 0 spiro atoms. The quantitative estimate of drug-likeness (QED) is 0.731. The van der Waals surface area contributed by atoms with Crippen LogP contribution in [0.1, 0.15) is 6.92 Å². The van der Waals surface area contributed by atoms with Gasteiger partial charge in [-0.25, -0.2) is 4.39 Å². The zero-order valence-electron chi connectivity index (χ0n) is 6.40. The Balaban J connectivity index is 3.05. The molecule has 4 heteroatoms. The van der Waals surface area contributed by atoms with E-state index in [9.17, 15) is 4.39 Å². The van der Waals surface area contributed by atoms with Crippen molar-refractivity contribution in [3.63, 3.8) is 0 Å². The predicted molar refractivity (Wildman–Crippen MR) is 50.3 cm³/mol. The van der Waals surface area contributed by atoms with Crippen molar-refractivity contribution in [1.82, 2.24) is 0 Å². The van der Waals surface area contributed by atoms with Crippen molar-refractivity contribution < 1.29 is 9.13 Å². The molecule has 1 aromatic rings. The second-order valence-electron chi connectivity index (χ2n) is 2.13. The molecule has 0 aromatic heterocycles. The van der Waals surface area contributed by atoms with E-state index in [-0.39, 0.29) is 10.8 Å². The topological polar surface area (TPSA) is 9.23 Å². The fourth-order valence-electron chi connectivity index (χ4n) is 0.770. The van der Waals surface area contributed by atoms with Gasteiger partial charge in [0.15, 0.2) is 0 Å². The summed E-state index contributed by atoms with van der Waals surface area (Å²) in [6.07, 6.45) is 0. The fourth-order valence-corrected chi connectivity index (χ4v) is 1.30. The van der Waals surface area contributed by atoms with Gasteiger partial charge in [0, 0.05) is 0 Å². The Labute approximate surface area is 83.6 Å². The average molecular weight is 253 g/mol. The molecule has 0 radical (unpaired) electrons. The molecule has 0 saturated carbocycles. The van der Waals surface area contributed by atoms with Crippen molar-refractivity contribution in [2.24, 2.45) is 0 Å². The highest BCUT2D eigenvalue weighted by Gasteiger charge is 2.06. The van der Waals surface area contributed by atoms with E-state index in [1.807, 2.05) is 6.92 Å². The van der Waals surface area contributed by atoms with Crippen molar-refractivity contribution in [3.05, 3.63) is 27.4 Å². The smallest absolute Gasteiger partial charge is 0.139 e. The van der Waals surface area contributed by atoms with Gasteiger partial charge in [-0.15, -0.1) is 0 Å². The van der Waals surface area contributed by atoms with Gasteiger partial charge in [0.2, 0.25) is 0 Å². The zero-order valence-corrected chi connectivity index (χ0v) is 8.75. The molecule has 0 aliphatic rings. The first kappa shape index (κ1) is 9.81. The van der Waals surface area contributed by atoms with E-state index in [1.54, 1.807) is 0 Å². The summed E-state index contributed by atoms with van der Waals surface area (Å²) in [7, 11) is 0. The summed E-state index contributed by atoms with van der Waals surface area (Å²) in [5, 5.41) is 0.289. The lowest BCUT2D eigenvalue weighted by Gasteiger charge is -2.05. The van der Waals surface area contributed by atoms with Crippen LogP contribution in [0.3, 0.4) is 0 Å². The van der Waals surface area contributed by atoms with E-state index in [0.29, 0.717) is 16.8 Å². The third-order valence-electron chi connectivity index (χ3n) is 1.27. The molecule has 0 amide bonds. The third-order valence-corrected chi connectivity index (χ3v) is 2.18. The fraction of sp³-hybridized carbons (Fsp3) is 0.250. The maximum atomic E-state index is 12.8. The van der Waals surface area contributed by atoms with Crippen LogP contribution in [0.5, 0.6) is 5.75 Å². The van der Waals surface area contributed by atoms with Crippen molar-refractivity contribution in [1.29, 1.82) is 0 Å². The van der Waals surface area contributed by atoms with Crippen molar-refractivity contribution in [3.8, 4) is 5.75 Å². The van der Waals surface area contributed by atoms with Crippen molar-refractivity contribution in [2.75, 3.05) is 6.61 Å². The van der Waals surface area contributed by atoms with Gasteiger partial charge in [0.25, 0.3) is 0 Å². The Morgan fingerprint density at radius 3 is 2.83 bits per heavy atom. The Bertz CT molecular complexity index is 291. The Hall–Kier alpha value is -0.280. The number of hydrogen-bond acceptors (Lipinski definition) is 1. The second kappa shape index (κ2) is 4.10. The maximum absolute atomic E-state index is 12.8. The summed E-state index contributed by atoms with van der Waals surface area (Å²) in [4.78, 5) is 0. The first-order valence-electron chi connectivity index (χ1n) is 3.42. The molecule has 0 bridgehead atoms. The van der Waals surface area contributed by atoms with Crippen LogP contribution in [0.2, 0.25) is 5.02 Å². The summed E-state index contributed by atoms with van der Waals surface area (Å²) in [6, 6.07) is 2.73. The summed E-state index contributed by atoms with van der Waals surface area (Å²) >= 11 is 8.73. The maximum Gasteiger partial charge on any atom is 0.139 e. The van der Waals surface area contributed by atoms with Gasteiger partial charge in [0.1, 0.15) is 11.6 Å². The van der Waals surface area contributed by atoms with Crippen molar-refractivity contribution in [2.45, 2.75) is 6.92 Å². The number of benzene rings is 1. The van der Waals surface area contributed by atoms with Crippen LogP contribution >= 0.6 is 27.5 Å². The molecule has 0 aliphatic carbocycles. The van der Waals surface area contributed by atoms with Crippen LogP contribution in [0.25, 0.3) is 0 Å². The largest absolute Gasteiger partial charge is 0.492 e. The molecular weight excluding hydrogens is 246 g/mol. The number of hydrogen-bond donors (Lipinski definition) is 0. The molecule has 66 valence electrons. The highest BCUT2D eigenvalue weighted by Crippen LogP contribution is 2.30. The van der Waals surface area contributed by atoms with Gasteiger partial charge in [-0.05, 0) is 35.0 Å². The van der Waals surface area contributed by atoms with E-state index in [1.165, 1.54) is 12.1 Å². The van der Waals surface area contributed by atoms with E-state index in [4.69, 9.17) is 16.3 Å². The zero-order chi connectivity index (χ0) is 9.14. The van der Waals surface area contributed by atoms with E-state index in [2.05, 4.69) is 15.9 Å². The molecular formula is C8H7BrClFO. The van der Waals surface area contributed by atoms with E-state index < -0.39 is 0 Å². The lowest BCUT2D eigenvalue weighted by Crippen LogP contribution is -1.93. The monoisotopic (exact) mass is 252 g/mol. The number of ether oxygens (including phenoxy) is 1. The van der Waals surface area contributed by atoms with Crippen molar-refractivity contribution >= 4 is 27.5 Å². The minimum Gasteiger partial charge on any atom is -0.492 e. The lowest BCUT2D eigenvalue weighted by molar-refractivity contribution is 0.339. The van der Waals surface area contributed by atoms with Crippen LogP contribution in [-0.2, 0) is 0 Å². The normalized spacial score (nSPS) is 10.0. The molecule has 1 nitrogen and oxygen atoms in total. The van der Waals surface area contributed by atoms with Gasteiger partial charge in [-0.3, -0.25) is 0 Å². The molecule has 0 fully saturated rings. The average Bonchev–Trinajstić information content (AvgIpc) is 2.01. The van der Waals surface area contributed by atoms with E-state index >= 15 is 0 Å². The van der Waals surface area contributed by atoms with Gasteiger partial charge in [0.05, 0.1) is 16.1 Å². The molecule has 0 N–H and O–H groups in total. The van der Waals surface area contributed by atoms with Crippen LogP contribution in [-0.4, -0.2) is 6.61 Å². The number of halogens is 3. The molecule has 1 aromatic carbocycles. The Morgan fingerprint density at radius 2 is 2.25 bits per heavy atom. The lowest BCUT2D eigenvalue weighted by atomic mass is 10.3. The number of rotatable bonds is 2. The van der Waals surface area contributed by atoms with E-state index in [0.717, 1.165) is 0 Å². The molecule has 0 aliphatic heterocycles. The summed E-state index contributed by atoms with van der Waals surface area (Å²) in [5.74, 6) is 0.107. The molecule has 0 unspecified atom stereocenters. The van der Waals surface area contributed by atoms with Crippen LogP contribution < -0.4 is 4.74 Å². The molecule has 1 rings (SSSR count). The van der Waals surface area contributed by atoms with Crippen LogP contribution in [0.4, 0.5) is 4.39 Å². The summed E-state index contributed by atoms with van der Waals surface area (Å²) in [5.41, 5.74) is 0. The third kappa shape index (κ3) is 2.11. The SMILES string of the molecule is CCOc1cc(Br)c(F)cc1Cl. The highest BCUT2D eigenvalue weighted by atomic mass is 79.9. The van der Waals surface area contributed by atoms with Crippen LogP contribution in [0.15, 0.2) is 16.6 Å². The predicted octanol–water partition coefficient (Wildman–Crippen LogP) is 3.64. The standard InChI is InChI=1S/C8H7BrClFO/c1-2-12-8-3-5(9)7(11)4-6(8)10/h3-4H,2H2,1H3. The first-order chi connectivity index (χ1) is 5.65. The van der Waals surface area contributed by atoms with Crippen LogP contribution in [0, 0.1) is 5.82 Å². The Morgan fingerprint density at radius 1 is 1.58 bits per heavy atom. The molecule has 12 heavy (non-hydrogen) atoms. The Kier molecular flexibility index (Phi) is 3.35. The van der Waals surface area contributed by atoms with Gasteiger partial charge in [-0.1, -0.05) is 11.6 Å². The summed E-state index contributed by atoms with van der Waals surface area (Å²) in [6.45, 7) is 2.35. The van der Waals surface area contributed by atoms with Gasteiger partial charge in [-0.2, -0.15) is 0 Å². The molecule has 0 heterocycles. The second-order valence-corrected chi connectivity index (χ2v) is 3.39. The van der Waals surface area contributed by atoms with Gasteiger partial charge < -0.3 is 4.74 Å². The molecule has 0 atom stereocenters. The molecule has 0 saturated heterocycles. The summed E-state index contributed by atoms with van der Waals surface area (Å²) < 4.78 is 18.3.